The predicted molar refractivity (Wildman–Crippen MR) is 78.2 cm³/mol. The lowest BCUT2D eigenvalue weighted by Gasteiger charge is -2.29. The van der Waals surface area contributed by atoms with Gasteiger partial charge in [0, 0.05) is 35.8 Å². The van der Waals surface area contributed by atoms with Gasteiger partial charge in [0.1, 0.15) is 5.82 Å². The van der Waals surface area contributed by atoms with Gasteiger partial charge in [0.15, 0.2) is 0 Å². The van der Waals surface area contributed by atoms with Gasteiger partial charge in [0.2, 0.25) is 0 Å². The van der Waals surface area contributed by atoms with Gasteiger partial charge in [0.25, 0.3) is 0 Å². The molecular formula is C15H26N4. The normalized spacial score (nSPS) is 21.6. The molecule has 1 fully saturated rings. The van der Waals surface area contributed by atoms with E-state index in [-0.39, 0.29) is 5.54 Å². The Morgan fingerprint density at radius 1 is 1.42 bits per heavy atom. The largest absolute Gasteiger partial charge is 0.325 e. The molecule has 1 aromatic rings. The Balaban J connectivity index is 2.21. The van der Waals surface area contributed by atoms with Crippen molar-refractivity contribution in [2.24, 2.45) is 5.73 Å². The zero-order chi connectivity index (χ0) is 14.0. The zero-order valence-electron chi connectivity index (χ0n) is 12.6. The van der Waals surface area contributed by atoms with Crippen LogP contribution in [-0.4, -0.2) is 40.5 Å². The number of likely N-dealkylation sites (tertiary alicyclic amines) is 1. The summed E-state index contributed by atoms with van der Waals surface area (Å²) in [4.78, 5) is 11.7. The summed E-state index contributed by atoms with van der Waals surface area (Å²) in [6.45, 7) is 8.38. The minimum atomic E-state index is -0.256. The summed E-state index contributed by atoms with van der Waals surface area (Å²) in [5, 5.41) is 0. The Bertz CT molecular complexity index is 436. The van der Waals surface area contributed by atoms with Gasteiger partial charge in [0.05, 0.1) is 0 Å². The van der Waals surface area contributed by atoms with Crippen LogP contribution in [0.1, 0.15) is 49.8 Å². The van der Waals surface area contributed by atoms with Crippen LogP contribution in [0.5, 0.6) is 0 Å². The molecule has 1 atom stereocenters. The van der Waals surface area contributed by atoms with Crippen LogP contribution in [0.3, 0.4) is 0 Å². The molecular weight excluding hydrogens is 236 g/mol. The van der Waals surface area contributed by atoms with Gasteiger partial charge in [-0.05, 0) is 53.3 Å². The number of nitrogens with zero attached hydrogens (tertiary/aromatic N) is 3. The summed E-state index contributed by atoms with van der Waals surface area (Å²) in [6, 6.07) is 2.14. The van der Waals surface area contributed by atoms with Crippen molar-refractivity contribution >= 4 is 0 Å². The second-order valence-electron chi connectivity index (χ2n) is 6.62. The molecule has 1 saturated heterocycles. The molecule has 1 aliphatic rings. The van der Waals surface area contributed by atoms with E-state index in [4.69, 9.17) is 10.7 Å². The van der Waals surface area contributed by atoms with Crippen molar-refractivity contribution in [1.82, 2.24) is 14.9 Å². The fourth-order valence-electron chi connectivity index (χ4n) is 2.76. The molecule has 106 valence electrons. The number of nitrogens with two attached hydrogens (primary N) is 1. The Kier molecular flexibility index (Phi) is 4.21. The first-order chi connectivity index (χ1) is 8.83. The first kappa shape index (κ1) is 14.4. The minimum Gasteiger partial charge on any atom is -0.325 e. The van der Waals surface area contributed by atoms with Crippen LogP contribution in [0.2, 0.25) is 0 Å². The van der Waals surface area contributed by atoms with Crippen molar-refractivity contribution in [2.45, 2.75) is 51.5 Å². The summed E-state index contributed by atoms with van der Waals surface area (Å²) >= 11 is 0. The van der Waals surface area contributed by atoms with Gasteiger partial charge in [-0.15, -0.1) is 0 Å². The highest BCUT2D eigenvalue weighted by Crippen LogP contribution is 2.25. The average molecular weight is 262 g/mol. The summed E-state index contributed by atoms with van der Waals surface area (Å²) < 4.78 is 0. The maximum Gasteiger partial charge on any atom is 0.130 e. The smallest absolute Gasteiger partial charge is 0.130 e. The van der Waals surface area contributed by atoms with Crippen molar-refractivity contribution in [1.29, 1.82) is 0 Å². The van der Waals surface area contributed by atoms with E-state index in [9.17, 15) is 0 Å². The second-order valence-corrected chi connectivity index (χ2v) is 6.62. The van der Waals surface area contributed by atoms with Crippen LogP contribution in [-0.2, 0) is 6.42 Å². The number of aryl methyl sites for hydroxylation is 1. The van der Waals surface area contributed by atoms with E-state index in [0.29, 0.717) is 5.92 Å². The first-order valence-corrected chi connectivity index (χ1v) is 7.15. The lowest BCUT2D eigenvalue weighted by atomic mass is 9.94. The van der Waals surface area contributed by atoms with Crippen LogP contribution in [0.15, 0.2) is 6.07 Å². The van der Waals surface area contributed by atoms with E-state index in [1.807, 2.05) is 20.8 Å². The molecule has 2 N–H and O–H groups in total. The molecule has 1 aliphatic heterocycles. The standard InChI is InChI=1S/C15H26N4/c1-11-8-13(12-6-5-7-19(4)10-12)18-14(17-11)9-15(2,3)16/h8,12H,5-7,9-10,16H2,1-4H3. The number of rotatable bonds is 3. The Hall–Kier alpha value is -1.00. The van der Waals surface area contributed by atoms with Crippen molar-refractivity contribution in [3.05, 3.63) is 23.3 Å². The topological polar surface area (TPSA) is 55.0 Å². The zero-order valence-corrected chi connectivity index (χ0v) is 12.6. The highest BCUT2D eigenvalue weighted by atomic mass is 15.1. The fourth-order valence-corrected chi connectivity index (χ4v) is 2.76. The third kappa shape index (κ3) is 4.25. The number of hydrogen-bond donors (Lipinski definition) is 1. The van der Waals surface area contributed by atoms with Crippen LogP contribution in [0, 0.1) is 6.92 Å². The second kappa shape index (κ2) is 5.55. The quantitative estimate of drug-likeness (QED) is 0.903. The van der Waals surface area contributed by atoms with Crippen molar-refractivity contribution in [2.75, 3.05) is 20.1 Å². The molecule has 1 unspecified atom stereocenters. The average Bonchev–Trinajstić information content (AvgIpc) is 2.25. The number of aromatic nitrogens is 2. The van der Waals surface area contributed by atoms with E-state index < -0.39 is 0 Å². The van der Waals surface area contributed by atoms with Crippen molar-refractivity contribution < 1.29 is 0 Å². The summed E-state index contributed by atoms with van der Waals surface area (Å²) in [7, 11) is 2.18. The SMILES string of the molecule is Cc1cc(C2CCCN(C)C2)nc(CC(C)(C)N)n1. The molecule has 0 amide bonds. The molecule has 0 aliphatic carbocycles. The molecule has 4 nitrogen and oxygen atoms in total. The summed E-state index contributed by atoms with van der Waals surface area (Å²) in [6.07, 6.45) is 3.21. The molecule has 2 rings (SSSR count). The van der Waals surface area contributed by atoms with E-state index in [0.717, 1.165) is 24.5 Å². The van der Waals surface area contributed by atoms with Gasteiger partial charge in [-0.1, -0.05) is 0 Å². The Labute approximate surface area is 116 Å². The monoisotopic (exact) mass is 262 g/mol. The Morgan fingerprint density at radius 2 is 2.16 bits per heavy atom. The predicted octanol–water partition coefficient (Wildman–Crippen LogP) is 1.87. The van der Waals surface area contributed by atoms with Gasteiger partial charge < -0.3 is 10.6 Å². The maximum absolute atomic E-state index is 6.08. The molecule has 2 heterocycles. The summed E-state index contributed by atoms with van der Waals surface area (Å²) in [5.74, 6) is 1.43. The van der Waals surface area contributed by atoms with E-state index in [2.05, 4.69) is 23.0 Å². The number of likely N-dealkylation sites (N-methyl/N-ethyl adjacent to an activating group) is 1. The van der Waals surface area contributed by atoms with E-state index in [1.54, 1.807) is 0 Å². The minimum absolute atomic E-state index is 0.256. The van der Waals surface area contributed by atoms with E-state index in [1.165, 1.54) is 25.1 Å². The molecule has 19 heavy (non-hydrogen) atoms. The van der Waals surface area contributed by atoms with Crippen LogP contribution in [0.25, 0.3) is 0 Å². The molecule has 0 bridgehead atoms. The first-order valence-electron chi connectivity index (χ1n) is 7.15. The summed E-state index contributed by atoms with van der Waals surface area (Å²) in [5.41, 5.74) is 8.07. The molecule has 0 spiro atoms. The molecule has 0 aromatic carbocycles. The number of piperidine rings is 1. The van der Waals surface area contributed by atoms with Gasteiger partial charge >= 0.3 is 0 Å². The highest BCUT2D eigenvalue weighted by molar-refractivity contribution is 5.16. The van der Waals surface area contributed by atoms with Crippen LogP contribution < -0.4 is 5.73 Å². The molecule has 0 radical (unpaired) electrons. The lowest BCUT2D eigenvalue weighted by Crippen LogP contribution is -2.35. The van der Waals surface area contributed by atoms with Gasteiger partial charge in [-0.2, -0.15) is 0 Å². The molecule has 0 saturated carbocycles. The molecule has 1 aromatic heterocycles. The van der Waals surface area contributed by atoms with Crippen LogP contribution >= 0.6 is 0 Å². The van der Waals surface area contributed by atoms with Crippen molar-refractivity contribution in [3.63, 3.8) is 0 Å². The third-order valence-corrected chi connectivity index (χ3v) is 3.58. The van der Waals surface area contributed by atoms with Crippen LogP contribution in [0.4, 0.5) is 0 Å². The molecule has 4 heteroatoms. The number of hydrogen-bond acceptors (Lipinski definition) is 4. The maximum atomic E-state index is 6.08. The lowest BCUT2D eigenvalue weighted by molar-refractivity contribution is 0.248. The van der Waals surface area contributed by atoms with Crippen molar-refractivity contribution in [3.8, 4) is 0 Å². The highest BCUT2D eigenvalue weighted by Gasteiger charge is 2.22. The Morgan fingerprint density at radius 3 is 2.79 bits per heavy atom. The van der Waals surface area contributed by atoms with Gasteiger partial charge in [-0.25, -0.2) is 9.97 Å². The third-order valence-electron chi connectivity index (χ3n) is 3.58. The fraction of sp³-hybridized carbons (Fsp3) is 0.733. The van der Waals surface area contributed by atoms with Gasteiger partial charge in [-0.3, -0.25) is 0 Å². The van der Waals surface area contributed by atoms with E-state index >= 15 is 0 Å².